The lowest BCUT2D eigenvalue weighted by Crippen LogP contribution is -2.40. The summed E-state index contributed by atoms with van der Waals surface area (Å²) >= 11 is 0. The lowest BCUT2D eigenvalue weighted by atomic mass is 9.98. The standard InChI is InChI=1S/C15H18N2O/c1-12-4-2-3-5-14(12)8-9-17-11-13(10-16)6-7-15(17)18/h2-5,13H,6-9,11H2,1H3. The second-order valence-corrected chi connectivity index (χ2v) is 4.88. The van der Waals surface area contributed by atoms with Crippen LogP contribution in [0.2, 0.25) is 0 Å². The van der Waals surface area contributed by atoms with Gasteiger partial charge in [-0.25, -0.2) is 0 Å². The molecule has 0 N–H and O–H groups in total. The van der Waals surface area contributed by atoms with Gasteiger partial charge in [-0.1, -0.05) is 24.3 Å². The van der Waals surface area contributed by atoms with Crippen LogP contribution in [0.3, 0.4) is 0 Å². The molecule has 2 rings (SSSR count). The first-order valence-electron chi connectivity index (χ1n) is 6.42. The lowest BCUT2D eigenvalue weighted by molar-refractivity contribution is -0.134. The van der Waals surface area contributed by atoms with Gasteiger partial charge < -0.3 is 4.90 Å². The quantitative estimate of drug-likeness (QED) is 0.816. The summed E-state index contributed by atoms with van der Waals surface area (Å²) < 4.78 is 0. The van der Waals surface area contributed by atoms with E-state index in [9.17, 15) is 4.79 Å². The number of amides is 1. The van der Waals surface area contributed by atoms with E-state index in [0.29, 0.717) is 13.0 Å². The first-order chi connectivity index (χ1) is 8.70. The fourth-order valence-corrected chi connectivity index (χ4v) is 2.38. The summed E-state index contributed by atoms with van der Waals surface area (Å²) in [5, 5.41) is 8.94. The summed E-state index contributed by atoms with van der Waals surface area (Å²) in [6, 6.07) is 10.5. The van der Waals surface area contributed by atoms with Gasteiger partial charge in [0.15, 0.2) is 0 Å². The number of aryl methyl sites for hydroxylation is 1. The maximum Gasteiger partial charge on any atom is 0.222 e. The molecule has 0 saturated carbocycles. The number of rotatable bonds is 3. The Balaban J connectivity index is 1.95. The second-order valence-electron chi connectivity index (χ2n) is 4.88. The Morgan fingerprint density at radius 1 is 1.44 bits per heavy atom. The summed E-state index contributed by atoms with van der Waals surface area (Å²) in [5.74, 6) is 0.203. The molecule has 94 valence electrons. The van der Waals surface area contributed by atoms with Gasteiger partial charge in [-0.2, -0.15) is 5.26 Å². The van der Waals surface area contributed by atoms with Crippen LogP contribution in [0.5, 0.6) is 0 Å². The molecule has 0 bridgehead atoms. The Morgan fingerprint density at radius 2 is 2.22 bits per heavy atom. The highest BCUT2D eigenvalue weighted by molar-refractivity contribution is 5.77. The van der Waals surface area contributed by atoms with Gasteiger partial charge in [-0.15, -0.1) is 0 Å². The highest BCUT2D eigenvalue weighted by Gasteiger charge is 2.24. The van der Waals surface area contributed by atoms with Crippen molar-refractivity contribution < 1.29 is 4.79 Å². The Hall–Kier alpha value is -1.82. The van der Waals surface area contributed by atoms with Crippen molar-refractivity contribution in [2.75, 3.05) is 13.1 Å². The van der Waals surface area contributed by atoms with Crippen molar-refractivity contribution in [2.45, 2.75) is 26.2 Å². The summed E-state index contributed by atoms with van der Waals surface area (Å²) in [6.45, 7) is 3.41. The van der Waals surface area contributed by atoms with Gasteiger partial charge in [0.25, 0.3) is 0 Å². The minimum atomic E-state index is 0.0135. The minimum absolute atomic E-state index is 0.0135. The van der Waals surface area contributed by atoms with Crippen molar-refractivity contribution in [3.8, 4) is 6.07 Å². The normalized spacial score (nSPS) is 19.7. The van der Waals surface area contributed by atoms with E-state index in [1.807, 2.05) is 17.0 Å². The Morgan fingerprint density at radius 3 is 2.94 bits per heavy atom. The number of carbonyl (C=O) groups excluding carboxylic acids is 1. The third-order valence-electron chi connectivity index (χ3n) is 3.60. The Labute approximate surface area is 108 Å². The first kappa shape index (κ1) is 12.6. The molecule has 0 spiro atoms. The molecule has 1 aromatic rings. The number of piperidine rings is 1. The molecule has 0 aromatic heterocycles. The predicted octanol–water partition coefficient (Wildman–Crippen LogP) is 2.30. The minimum Gasteiger partial charge on any atom is -0.341 e. The van der Waals surface area contributed by atoms with Crippen molar-refractivity contribution >= 4 is 5.91 Å². The van der Waals surface area contributed by atoms with Gasteiger partial charge >= 0.3 is 0 Å². The van der Waals surface area contributed by atoms with Crippen LogP contribution in [-0.2, 0) is 11.2 Å². The van der Waals surface area contributed by atoms with Crippen LogP contribution in [0.25, 0.3) is 0 Å². The molecule has 0 aliphatic carbocycles. The number of hydrogen-bond acceptors (Lipinski definition) is 2. The van der Waals surface area contributed by atoms with E-state index in [1.54, 1.807) is 0 Å². The van der Waals surface area contributed by atoms with Gasteiger partial charge in [0.1, 0.15) is 0 Å². The number of nitrogens with zero attached hydrogens (tertiary/aromatic N) is 2. The van der Waals surface area contributed by atoms with Crippen molar-refractivity contribution in [1.82, 2.24) is 4.90 Å². The van der Waals surface area contributed by atoms with Gasteiger partial charge in [-0.3, -0.25) is 4.79 Å². The maximum atomic E-state index is 11.8. The zero-order chi connectivity index (χ0) is 13.0. The average molecular weight is 242 g/mol. The van der Waals surface area contributed by atoms with E-state index >= 15 is 0 Å². The van der Waals surface area contributed by atoms with Gasteiger partial charge in [0.2, 0.25) is 5.91 Å². The summed E-state index contributed by atoms with van der Waals surface area (Å²) in [4.78, 5) is 13.6. The van der Waals surface area contributed by atoms with Crippen molar-refractivity contribution in [2.24, 2.45) is 5.92 Å². The molecule has 1 saturated heterocycles. The van der Waals surface area contributed by atoms with Crippen LogP contribution in [-0.4, -0.2) is 23.9 Å². The van der Waals surface area contributed by atoms with Crippen LogP contribution in [0.4, 0.5) is 0 Å². The summed E-state index contributed by atoms with van der Waals surface area (Å²) in [6.07, 6.45) is 2.11. The molecule has 1 aliphatic rings. The summed E-state index contributed by atoms with van der Waals surface area (Å²) in [7, 11) is 0. The van der Waals surface area contributed by atoms with Crippen LogP contribution in [0, 0.1) is 24.2 Å². The van der Waals surface area contributed by atoms with Crippen LogP contribution in [0.15, 0.2) is 24.3 Å². The molecule has 18 heavy (non-hydrogen) atoms. The topological polar surface area (TPSA) is 44.1 Å². The fraction of sp³-hybridized carbons (Fsp3) is 0.467. The molecule has 1 fully saturated rings. The molecular weight excluding hydrogens is 224 g/mol. The van der Waals surface area contributed by atoms with Crippen molar-refractivity contribution in [3.05, 3.63) is 35.4 Å². The van der Waals surface area contributed by atoms with Crippen LogP contribution < -0.4 is 0 Å². The first-order valence-corrected chi connectivity index (χ1v) is 6.42. The zero-order valence-corrected chi connectivity index (χ0v) is 10.7. The Bertz CT molecular complexity index is 476. The van der Waals surface area contributed by atoms with Gasteiger partial charge in [-0.05, 0) is 30.9 Å². The van der Waals surface area contributed by atoms with Crippen molar-refractivity contribution in [1.29, 1.82) is 5.26 Å². The fourth-order valence-electron chi connectivity index (χ4n) is 2.38. The molecule has 1 aliphatic heterocycles. The number of likely N-dealkylation sites (tertiary alicyclic amines) is 1. The molecule has 1 heterocycles. The second kappa shape index (κ2) is 5.68. The van der Waals surface area contributed by atoms with Gasteiger partial charge in [0, 0.05) is 19.5 Å². The van der Waals surface area contributed by atoms with E-state index in [4.69, 9.17) is 5.26 Å². The van der Waals surface area contributed by atoms with E-state index in [1.165, 1.54) is 11.1 Å². The zero-order valence-electron chi connectivity index (χ0n) is 10.7. The number of carbonyl (C=O) groups is 1. The number of hydrogen-bond donors (Lipinski definition) is 0. The highest BCUT2D eigenvalue weighted by Crippen LogP contribution is 2.17. The van der Waals surface area contributed by atoms with Crippen molar-refractivity contribution in [3.63, 3.8) is 0 Å². The smallest absolute Gasteiger partial charge is 0.222 e. The van der Waals surface area contributed by atoms with Crippen LogP contribution >= 0.6 is 0 Å². The molecular formula is C15H18N2O. The number of nitriles is 1. The van der Waals surface area contributed by atoms with E-state index in [-0.39, 0.29) is 11.8 Å². The lowest BCUT2D eigenvalue weighted by Gasteiger charge is -2.29. The average Bonchev–Trinajstić information content (AvgIpc) is 2.39. The SMILES string of the molecule is Cc1ccccc1CCN1CC(C#N)CCC1=O. The third-order valence-corrected chi connectivity index (χ3v) is 3.60. The van der Waals surface area contributed by atoms with Gasteiger partial charge in [0.05, 0.1) is 12.0 Å². The summed E-state index contributed by atoms with van der Waals surface area (Å²) in [5.41, 5.74) is 2.54. The third kappa shape index (κ3) is 2.89. The molecule has 3 heteroatoms. The monoisotopic (exact) mass is 242 g/mol. The molecule has 0 radical (unpaired) electrons. The Kier molecular flexibility index (Phi) is 3.99. The number of benzene rings is 1. The molecule has 1 atom stereocenters. The van der Waals surface area contributed by atoms with E-state index < -0.39 is 0 Å². The largest absolute Gasteiger partial charge is 0.341 e. The van der Waals surface area contributed by atoms with Crippen LogP contribution in [0.1, 0.15) is 24.0 Å². The molecule has 1 amide bonds. The van der Waals surface area contributed by atoms with E-state index in [2.05, 4.69) is 25.1 Å². The van der Waals surface area contributed by atoms with E-state index in [0.717, 1.165) is 19.4 Å². The molecule has 1 aromatic carbocycles. The highest BCUT2D eigenvalue weighted by atomic mass is 16.2. The molecule has 3 nitrogen and oxygen atoms in total. The molecule has 1 unspecified atom stereocenters. The maximum absolute atomic E-state index is 11.8. The predicted molar refractivity (Wildman–Crippen MR) is 69.8 cm³/mol.